The quantitative estimate of drug-likeness (QED) is 0.794. The summed E-state index contributed by atoms with van der Waals surface area (Å²) < 4.78 is 3.28. The number of para-hydroxylation sites is 1. The van der Waals surface area contributed by atoms with Gasteiger partial charge >= 0.3 is 0 Å². The molecule has 1 N–H and O–H groups in total. The van der Waals surface area contributed by atoms with Crippen molar-refractivity contribution in [1.29, 1.82) is 0 Å². The van der Waals surface area contributed by atoms with Crippen LogP contribution in [0.5, 0.6) is 0 Å². The van der Waals surface area contributed by atoms with Crippen molar-refractivity contribution in [2.75, 3.05) is 11.9 Å². The van der Waals surface area contributed by atoms with Gasteiger partial charge in [-0.25, -0.2) is 9.97 Å². The van der Waals surface area contributed by atoms with Crippen LogP contribution >= 0.6 is 11.3 Å². The van der Waals surface area contributed by atoms with Crippen molar-refractivity contribution in [3.8, 4) is 0 Å². The van der Waals surface area contributed by atoms with Gasteiger partial charge in [-0.3, -0.25) is 0 Å². The Morgan fingerprint density at radius 2 is 2.26 bits per heavy atom. The molecule has 98 valence electrons. The van der Waals surface area contributed by atoms with Gasteiger partial charge in [-0.2, -0.15) is 0 Å². The fourth-order valence-electron chi connectivity index (χ4n) is 2.08. The molecule has 0 saturated heterocycles. The van der Waals surface area contributed by atoms with E-state index in [4.69, 9.17) is 0 Å². The normalized spacial score (nSPS) is 11.1. The van der Waals surface area contributed by atoms with E-state index in [9.17, 15) is 0 Å². The summed E-state index contributed by atoms with van der Waals surface area (Å²) in [5, 5.41) is 4.37. The Labute approximate surface area is 116 Å². The lowest BCUT2D eigenvalue weighted by atomic mass is 10.2. The number of benzene rings is 1. The van der Waals surface area contributed by atoms with E-state index in [0.717, 1.165) is 29.4 Å². The number of hydrogen-bond acceptors (Lipinski definition) is 4. The van der Waals surface area contributed by atoms with Crippen LogP contribution in [-0.4, -0.2) is 21.1 Å². The molecule has 19 heavy (non-hydrogen) atoms. The van der Waals surface area contributed by atoms with Crippen molar-refractivity contribution in [2.24, 2.45) is 7.05 Å². The highest BCUT2D eigenvalue weighted by molar-refractivity contribution is 7.22. The summed E-state index contributed by atoms with van der Waals surface area (Å²) >= 11 is 1.70. The summed E-state index contributed by atoms with van der Waals surface area (Å²) in [6, 6.07) is 6.29. The largest absolute Gasteiger partial charge is 0.361 e. The molecule has 0 amide bonds. The van der Waals surface area contributed by atoms with Crippen LogP contribution in [0.1, 0.15) is 11.4 Å². The molecule has 0 saturated carbocycles. The Hall–Kier alpha value is -1.88. The number of aromatic nitrogens is 3. The van der Waals surface area contributed by atoms with Crippen LogP contribution in [0.2, 0.25) is 0 Å². The second-order valence-electron chi connectivity index (χ2n) is 4.57. The standard InChI is InChI=1S/C14H16N4S/c1-10-4-3-5-11-13(10)17-14(19-11)16-7-6-12-15-8-9-18(12)2/h3-5,8-9H,6-7H2,1-2H3,(H,16,17). The molecule has 0 spiro atoms. The highest BCUT2D eigenvalue weighted by Gasteiger charge is 2.05. The lowest BCUT2D eigenvalue weighted by molar-refractivity contribution is 0.789. The molecule has 0 aliphatic rings. The molecule has 0 aliphatic carbocycles. The molecule has 3 aromatic rings. The average Bonchev–Trinajstić information content (AvgIpc) is 2.97. The number of thiazole rings is 1. The van der Waals surface area contributed by atoms with E-state index in [1.54, 1.807) is 11.3 Å². The minimum absolute atomic E-state index is 0.851. The van der Waals surface area contributed by atoms with E-state index < -0.39 is 0 Å². The summed E-state index contributed by atoms with van der Waals surface area (Å²) in [5.41, 5.74) is 2.33. The summed E-state index contributed by atoms with van der Waals surface area (Å²) in [7, 11) is 2.02. The molecule has 0 unspecified atom stereocenters. The maximum Gasteiger partial charge on any atom is 0.183 e. The minimum atomic E-state index is 0.851. The molecule has 1 aromatic carbocycles. The van der Waals surface area contributed by atoms with Gasteiger partial charge in [0.15, 0.2) is 5.13 Å². The van der Waals surface area contributed by atoms with E-state index >= 15 is 0 Å². The highest BCUT2D eigenvalue weighted by atomic mass is 32.1. The molecule has 4 nitrogen and oxygen atoms in total. The van der Waals surface area contributed by atoms with E-state index in [1.807, 2.05) is 24.0 Å². The van der Waals surface area contributed by atoms with Gasteiger partial charge < -0.3 is 9.88 Å². The van der Waals surface area contributed by atoms with Crippen molar-refractivity contribution in [1.82, 2.24) is 14.5 Å². The predicted molar refractivity (Wildman–Crippen MR) is 79.8 cm³/mol. The zero-order chi connectivity index (χ0) is 13.2. The summed E-state index contributed by atoms with van der Waals surface area (Å²) in [4.78, 5) is 8.94. The Kier molecular flexibility index (Phi) is 3.21. The van der Waals surface area contributed by atoms with E-state index in [2.05, 4.69) is 40.4 Å². The van der Waals surface area contributed by atoms with E-state index in [1.165, 1.54) is 10.3 Å². The molecular formula is C14H16N4S. The van der Waals surface area contributed by atoms with Crippen LogP contribution in [0.15, 0.2) is 30.6 Å². The van der Waals surface area contributed by atoms with Crippen molar-refractivity contribution in [3.05, 3.63) is 42.0 Å². The number of fused-ring (bicyclic) bond motifs is 1. The molecule has 0 fully saturated rings. The first-order valence-electron chi connectivity index (χ1n) is 6.30. The number of aryl methyl sites for hydroxylation is 2. The molecule has 2 heterocycles. The van der Waals surface area contributed by atoms with Gasteiger partial charge in [-0.05, 0) is 18.6 Å². The van der Waals surface area contributed by atoms with Gasteiger partial charge in [0.1, 0.15) is 5.82 Å². The SMILES string of the molecule is Cc1cccc2sc(NCCc3nccn3C)nc12. The second kappa shape index (κ2) is 5.01. The Morgan fingerprint density at radius 1 is 1.37 bits per heavy atom. The number of rotatable bonds is 4. The predicted octanol–water partition coefficient (Wildman–Crippen LogP) is 2.99. The number of anilines is 1. The molecule has 0 atom stereocenters. The van der Waals surface area contributed by atoms with Gasteiger partial charge in [0.2, 0.25) is 0 Å². The molecule has 0 radical (unpaired) electrons. The van der Waals surface area contributed by atoms with Gasteiger partial charge in [-0.15, -0.1) is 0 Å². The van der Waals surface area contributed by atoms with Gasteiger partial charge in [0.25, 0.3) is 0 Å². The first-order valence-corrected chi connectivity index (χ1v) is 7.12. The highest BCUT2D eigenvalue weighted by Crippen LogP contribution is 2.27. The maximum atomic E-state index is 4.63. The van der Waals surface area contributed by atoms with Crippen molar-refractivity contribution in [3.63, 3.8) is 0 Å². The molecule has 0 aliphatic heterocycles. The number of nitrogens with zero attached hydrogens (tertiary/aromatic N) is 3. The van der Waals surface area contributed by atoms with Crippen molar-refractivity contribution < 1.29 is 0 Å². The third-order valence-electron chi connectivity index (χ3n) is 3.17. The molecule has 5 heteroatoms. The van der Waals surface area contributed by atoms with Gasteiger partial charge in [0, 0.05) is 32.4 Å². The topological polar surface area (TPSA) is 42.7 Å². The first kappa shape index (κ1) is 12.2. The van der Waals surface area contributed by atoms with Crippen LogP contribution in [0.4, 0.5) is 5.13 Å². The van der Waals surface area contributed by atoms with Crippen LogP contribution in [-0.2, 0) is 13.5 Å². The van der Waals surface area contributed by atoms with Crippen LogP contribution in [0, 0.1) is 6.92 Å². The van der Waals surface area contributed by atoms with Crippen LogP contribution in [0.3, 0.4) is 0 Å². The Bertz CT molecular complexity index is 698. The fourth-order valence-corrected chi connectivity index (χ4v) is 3.05. The lowest BCUT2D eigenvalue weighted by Gasteiger charge is -2.02. The van der Waals surface area contributed by atoms with Crippen molar-refractivity contribution >= 4 is 26.7 Å². The molecule has 0 bridgehead atoms. The monoisotopic (exact) mass is 272 g/mol. The van der Waals surface area contributed by atoms with Gasteiger partial charge in [0.05, 0.1) is 10.2 Å². The lowest BCUT2D eigenvalue weighted by Crippen LogP contribution is -2.08. The van der Waals surface area contributed by atoms with Gasteiger partial charge in [-0.1, -0.05) is 23.5 Å². The summed E-state index contributed by atoms with van der Waals surface area (Å²) in [6.07, 6.45) is 4.70. The zero-order valence-corrected chi connectivity index (χ0v) is 11.9. The van der Waals surface area contributed by atoms with Crippen molar-refractivity contribution in [2.45, 2.75) is 13.3 Å². The third-order valence-corrected chi connectivity index (χ3v) is 4.14. The Balaban J connectivity index is 1.69. The number of imidazole rings is 1. The van der Waals surface area contributed by atoms with E-state index in [-0.39, 0.29) is 0 Å². The van der Waals surface area contributed by atoms with Crippen LogP contribution < -0.4 is 5.32 Å². The van der Waals surface area contributed by atoms with Crippen LogP contribution in [0.25, 0.3) is 10.2 Å². The summed E-state index contributed by atoms with van der Waals surface area (Å²) in [6.45, 7) is 2.95. The second-order valence-corrected chi connectivity index (χ2v) is 5.60. The first-order chi connectivity index (χ1) is 9.24. The smallest absolute Gasteiger partial charge is 0.183 e. The summed E-state index contributed by atoms with van der Waals surface area (Å²) in [5.74, 6) is 1.09. The molecule has 2 aromatic heterocycles. The zero-order valence-electron chi connectivity index (χ0n) is 11.1. The Morgan fingerprint density at radius 3 is 3.00 bits per heavy atom. The molecule has 3 rings (SSSR count). The average molecular weight is 272 g/mol. The number of nitrogens with one attached hydrogen (secondary N) is 1. The third kappa shape index (κ3) is 2.46. The minimum Gasteiger partial charge on any atom is -0.361 e. The maximum absolute atomic E-state index is 4.63. The molecular weight excluding hydrogens is 256 g/mol. The number of hydrogen-bond donors (Lipinski definition) is 1. The van der Waals surface area contributed by atoms with E-state index in [0.29, 0.717) is 0 Å². The fraction of sp³-hybridized carbons (Fsp3) is 0.286.